The normalized spacial score (nSPS) is 10.1. The maximum absolute atomic E-state index is 11.8. The molecule has 1 amide bonds. The van der Waals surface area contributed by atoms with Crippen LogP contribution >= 0.6 is 12.2 Å². The molecule has 2 N–H and O–H groups in total. The molecule has 0 fully saturated rings. The first-order valence-electron chi connectivity index (χ1n) is 6.77. The largest absolute Gasteiger partial charge is 0.493 e. The highest BCUT2D eigenvalue weighted by atomic mass is 32.1. The summed E-state index contributed by atoms with van der Waals surface area (Å²) in [5.74, 6) is 0.826. The number of nitrogens with zero attached hydrogens (tertiary/aromatic N) is 1. The topological polar surface area (TPSA) is 55.6 Å². The fraction of sp³-hybridized carbons (Fsp3) is 0.467. The van der Waals surface area contributed by atoms with Crippen molar-refractivity contribution in [2.45, 2.75) is 26.2 Å². The van der Waals surface area contributed by atoms with Crippen LogP contribution < -0.4 is 10.5 Å². The SMILES string of the molecule is CCc1ccc(OCCC(=O)N(C)CCC(N)=S)cc1. The quantitative estimate of drug-likeness (QED) is 0.746. The van der Waals surface area contributed by atoms with Crippen molar-refractivity contribution in [3.8, 4) is 5.75 Å². The van der Waals surface area contributed by atoms with Gasteiger partial charge in [0, 0.05) is 20.0 Å². The number of nitrogens with two attached hydrogens (primary N) is 1. The lowest BCUT2D eigenvalue weighted by Crippen LogP contribution is -2.30. The molecule has 0 saturated carbocycles. The number of ether oxygens (including phenoxy) is 1. The van der Waals surface area contributed by atoms with Crippen molar-refractivity contribution >= 4 is 23.1 Å². The van der Waals surface area contributed by atoms with Gasteiger partial charge in [-0.25, -0.2) is 0 Å². The van der Waals surface area contributed by atoms with E-state index in [1.807, 2.05) is 24.3 Å². The Morgan fingerprint density at radius 3 is 2.50 bits per heavy atom. The predicted molar refractivity (Wildman–Crippen MR) is 85.0 cm³/mol. The van der Waals surface area contributed by atoms with Gasteiger partial charge in [0.25, 0.3) is 0 Å². The summed E-state index contributed by atoms with van der Waals surface area (Å²) in [5, 5.41) is 0. The van der Waals surface area contributed by atoms with Crippen LogP contribution in [0.4, 0.5) is 0 Å². The summed E-state index contributed by atoms with van der Waals surface area (Å²) in [4.78, 5) is 13.9. The highest BCUT2D eigenvalue weighted by Crippen LogP contribution is 2.12. The second kappa shape index (κ2) is 8.53. The third-order valence-corrected chi connectivity index (χ3v) is 3.24. The zero-order valence-electron chi connectivity index (χ0n) is 12.1. The molecule has 0 aromatic heterocycles. The van der Waals surface area contributed by atoms with Gasteiger partial charge >= 0.3 is 0 Å². The predicted octanol–water partition coefficient (Wildman–Crippen LogP) is 2.15. The first kappa shape index (κ1) is 16.4. The first-order valence-corrected chi connectivity index (χ1v) is 7.17. The maximum Gasteiger partial charge on any atom is 0.225 e. The number of carbonyl (C=O) groups excluding carboxylic acids is 1. The van der Waals surface area contributed by atoms with Crippen LogP contribution in [0.3, 0.4) is 0 Å². The second-order valence-electron chi connectivity index (χ2n) is 4.63. The van der Waals surface area contributed by atoms with Gasteiger partial charge in [-0.05, 0) is 24.1 Å². The molecule has 0 aliphatic rings. The van der Waals surface area contributed by atoms with Crippen LogP contribution in [0.5, 0.6) is 5.75 Å². The summed E-state index contributed by atoms with van der Waals surface area (Å²) in [5.41, 5.74) is 6.68. The van der Waals surface area contributed by atoms with E-state index in [2.05, 4.69) is 6.92 Å². The Bertz CT molecular complexity index is 446. The van der Waals surface area contributed by atoms with Gasteiger partial charge in [-0.15, -0.1) is 0 Å². The molecule has 20 heavy (non-hydrogen) atoms. The summed E-state index contributed by atoms with van der Waals surface area (Å²) in [6.07, 6.45) is 1.91. The van der Waals surface area contributed by atoms with Gasteiger partial charge in [0.15, 0.2) is 0 Å². The molecular weight excluding hydrogens is 272 g/mol. The van der Waals surface area contributed by atoms with E-state index in [0.717, 1.165) is 12.2 Å². The summed E-state index contributed by atoms with van der Waals surface area (Å²) in [7, 11) is 1.75. The standard InChI is InChI=1S/C15H22N2O2S/c1-3-12-4-6-13(7-5-12)19-11-9-15(18)17(2)10-8-14(16)20/h4-7H,3,8-11H2,1-2H3,(H2,16,20). The lowest BCUT2D eigenvalue weighted by molar-refractivity contribution is -0.130. The van der Waals surface area contributed by atoms with Gasteiger partial charge in [-0.2, -0.15) is 0 Å². The Kier molecular flexibility index (Phi) is 7.01. The molecule has 5 heteroatoms. The molecule has 1 aromatic carbocycles. The fourth-order valence-corrected chi connectivity index (χ4v) is 1.76. The molecule has 0 aliphatic carbocycles. The zero-order valence-corrected chi connectivity index (χ0v) is 12.9. The molecular formula is C15H22N2O2S. The van der Waals surface area contributed by atoms with Crippen LogP contribution in [0.15, 0.2) is 24.3 Å². The van der Waals surface area contributed by atoms with Crippen molar-refractivity contribution in [3.63, 3.8) is 0 Å². The van der Waals surface area contributed by atoms with Crippen LogP contribution in [0.1, 0.15) is 25.3 Å². The molecule has 1 rings (SSSR count). The van der Waals surface area contributed by atoms with Crippen LogP contribution in [0, 0.1) is 0 Å². The van der Waals surface area contributed by atoms with Crippen LogP contribution in [0.2, 0.25) is 0 Å². The highest BCUT2D eigenvalue weighted by Gasteiger charge is 2.08. The average molecular weight is 294 g/mol. The number of hydrogen-bond donors (Lipinski definition) is 1. The van der Waals surface area contributed by atoms with E-state index >= 15 is 0 Å². The second-order valence-corrected chi connectivity index (χ2v) is 5.15. The Balaban J connectivity index is 2.28. The van der Waals surface area contributed by atoms with Crippen LogP contribution in [-0.2, 0) is 11.2 Å². The molecule has 0 heterocycles. The van der Waals surface area contributed by atoms with Gasteiger partial charge in [-0.3, -0.25) is 4.79 Å². The molecule has 0 saturated heterocycles. The minimum absolute atomic E-state index is 0.0337. The van der Waals surface area contributed by atoms with Gasteiger partial charge in [0.1, 0.15) is 5.75 Å². The summed E-state index contributed by atoms with van der Waals surface area (Å²) in [6.45, 7) is 3.04. The smallest absolute Gasteiger partial charge is 0.225 e. The molecule has 0 bridgehead atoms. The molecule has 110 valence electrons. The van der Waals surface area contributed by atoms with Crippen molar-refractivity contribution in [2.24, 2.45) is 5.73 Å². The number of carbonyl (C=O) groups is 1. The lowest BCUT2D eigenvalue weighted by atomic mass is 10.2. The third-order valence-electron chi connectivity index (χ3n) is 3.04. The Morgan fingerprint density at radius 2 is 1.95 bits per heavy atom. The van der Waals surface area contributed by atoms with Crippen LogP contribution in [0.25, 0.3) is 0 Å². The maximum atomic E-state index is 11.8. The Labute approximate surface area is 125 Å². The lowest BCUT2D eigenvalue weighted by Gasteiger charge is -2.16. The van der Waals surface area contributed by atoms with E-state index in [0.29, 0.717) is 31.0 Å². The number of amides is 1. The average Bonchev–Trinajstić information content (AvgIpc) is 2.45. The molecule has 0 atom stereocenters. The van der Waals surface area contributed by atoms with Crippen molar-refractivity contribution < 1.29 is 9.53 Å². The number of rotatable bonds is 8. The van der Waals surface area contributed by atoms with Gasteiger partial charge < -0.3 is 15.4 Å². The number of hydrogen-bond acceptors (Lipinski definition) is 3. The molecule has 0 aliphatic heterocycles. The molecule has 0 unspecified atom stereocenters. The van der Waals surface area contributed by atoms with E-state index in [1.54, 1.807) is 11.9 Å². The van der Waals surface area contributed by atoms with Crippen molar-refractivity contribution in [1.29, 1.82) is 0 Å². The Hall–Kier alpha value is -1.62. The van der Waals surface area contributed by atoms with E-state index in [-0.39, 0.29) is 5.91 Å². The first-order chi connectivity index (χ1) is 9.52. The molecule has 0 spiro atoms. The van der Waals surface area contributed by atoms with Gasteiger partial charge in [0.05, 0.1) is 18.0 Å². The van der Waals surface area contributed by atoms with Crippen LogP contribution in [-0.4, -0.2) is 36.0 Å². The number of thiocarbonyl (C=S) groups is 1. The number of aryl methyl sites for hydroxylation is 1. The van der Waals surface area contributed by atoms with E-state index in [4.69, 9.17) is 22.7 Å². The third kappa shape index (κ3) is 6.02. The molecule has 1 aromatic rings. The summed E-state index contributed by atoms with van der Waals surface area (Å²) < 4.78 is 5.55. The Morgan fingerprint density at radius 1 is 1.30 bits per heavy atom. The van der Waals surface area contributed by atoms with Crippen molar-refractivity contribution in [1.82, 2.24) is 4.90 Å². The van der Waals surface area contributed by atoms with E-state index in [1.165, 1.54) is 5.56 Å². The van der Waals surface area contributed by atoms with E-state index < -0.39 is 0 Å². The molecule has 0 radical (unpaired) electrons. The van der Waals surface area contributed by atoms with Gasteiger partial charge in [-0.1, -0.05) is 31.3 Å². The zero-order chi connectivity index (χ0) is 15.0. The van der Waals surface area contributed by atoms with Crippen molar-refractivity contribution in [2.75, 3.05) is 20.2 Å². The highest BCUT2D eigenvalue weighted by molar-refractivity contribution is 7.80. The minimum Gasteiger partial charge on any atom is -0.493 e. The van der Waals surface area contributed by atoms with E-state index in [9.17, 15) is 4.79 Å². The molecule has 4 nitrogen and oxygen atoms in total. The summed E-state index contributed by atoms with van der Waals surface area (Å²) >= 11 is 4.79. The van der Waals surface area contributed by atoms with Crippen molar-refractivity contribution in [3.05, 3.63) is 29.8 Å². The number of benzene rings is 1. The monoisotopic (exact) mass is 294 g/mol. The minimum atomic E-state index is 0.0337. The van der Waals surface area contributed by atoms with Gasteiger partial charge in [0.2, 0.25) is 5.91 Å². The summed E-state index contributed by atoms with van der Waals surface area (Å²) in [6, 6.07) is 7.93. The fourth-order valence-electron chi connectivity index (χ4n) is 1.67.